The van der Waals surface area contributed by atoms with Crippen molar-refractivity contribution in [3.05, 3.63) is 82.4 Å². The van der Waals surface area contributed by atoms with Gasteiger partial charge in [-0.1, -0.05) is 29.8 Å². The van der Waals surface area contributed by atoms with Gasteiger partial charge in [-0.2, -0.15) is 9.40 Å². The van der Waals surface area contributed by atoms with Gasteiger partial charge in [0.15, 0.2) is 0 Å². The number of rotatable bonds is 6. The molecule has 2 heterocycles. The molecule has 0 radical (unpaired) electrons. The lowest BCUT2D eigenvalue weighted by atomic mass is 10.0. The molecule has 0 spiro atoms. The van der Waals surface area contributed by atoms with Gasteiger partial charge in [0, 0.05) is 38.7 Å². The largest absolute Gasteiger partial charge is 0.294 e. The van der Waals surface area contributed by atoms with Crippen molar-refractivity contribution < 1.29 is 12.8 Å². The summed E-state index contributed by atoms with van der Waals surface area (Å²) in [6.07, 6.45) is 2.01. The zero-order valence-corrected chi connectivity index (χ0v) is 18.9. The van der Waals surface area contributed by atoms with Gasteiger partial charge in [0.05, 0.1) is 29.9 Å². The molecule has 31 heavy (non-hydrogen) atoms. The Kier molecular flexibility index (Phi) is 5.96. The van der Waals surface area contributed by atoms with E-state index in [0.29, 0.717) is 13.1 Å². The quantitative estimate of drug-likeness (QED) is 0.588. The molecule has 0 saturated carbocycles. The Morgan fingerprint density at radius 1 is 1.10 bits per heavy atom. The van der Waals surface area contributed by atoms with Crippen molar-refractivity contribution in [3.8, 4) is 5.69 Å². The van der Waals surface area contributed by atoms with Crippen molar-refractivity contribution in [2.45, 2.75) is 33.0 Å². The minimum absolute atomic E-state index is 0.227. The summed E-state index contributed by atoms with van der Waals surface area (Å²) in [5.41, 5.74) is 6.16. The summed E-state index contributed by atoms with van der Waals surface area (Å²) in [7, 11) is -1.74. The zero-order valence-electron chi connectivity index (χ0n) is 18.0. The number of benzene rings is 2. The first-order valence-electron chi connectivity index (χ1n) is 10.3. The van der Waals surface area contributed by atoms with E-state index in [-0.39, 0.29) is 12.4 Å². The van der Waals surface area contributed by atoms with E-state index in [0.717, 1.165) is 41.2 Å². The van der Waals surface area contributed by atoms with Crippen LogP contribution in [0.15, 0.2) is 48.5 Å². The summed E-state index contributed by atoms with van der Waals surface area (Å²) in [6.45, 7) is 4.50. The molecule has 164 valence electrons. The number of nitrogens with zero attached hydrogens (tertiary/aromatic N) is 4. The van der Waals surface area contributed by atoms with Gasteiger partial charge in [0.1, 0.15) is 5.82 Å². The van der Waals surface area contributed by atoms with Gasteiger partial charge in [-0.15, -0.1) is 0 Å². The topological polar surface area (TPSA) is 58.4 Å². The maximum atomic E-state index is 13.2. The number of sulfonamides is 1. The van der Waals surface area contributed by atoms with Crippen LogP contribution in [0.3, 0.4) is 0 Å². The van der Waals surface area contributed by atoms with Crippen LogP contribution in [0.2, 0.25) is 0 Å². The third-order valence-electron chi connectivity index (χ3n) is 5.76. The van der Waals surface area contributed by atoms with Gasteiger partial charge >= 0.3 is 0 Å². The van der Waals surface area contributed by atoms with Gasteiger partial charge in [-0.25, -0.2) is 17.5 Å². The zero-order chi connectivity index (χ0) is 22.2. The second-order valence-corrected chi connectivity index (χ2v) is 10.3. The van der Waals surface area contributed by atoms with Crippen LogP contribution in [-0.4, -0.2) is 47.3 Å². The number of hydrogen-bond donors (Lipinski definition) is 0. The van der Waals surface area contributed by atoms with Gasteiger partial charge in [0.25, 0.3) is 0 Å². The molecule has 8 heteroatoms. The average Bonchev–Trinajstić information content (AvgIpc) is 3.07. The first-order valence-corrected chi connectivity index (χ1v) is 12.1. The van der Waals surface area contributed by atoms with E-state index in [1.165, 1.54) is 28.3 Å². The molecule has 2 aromatic carbocycles. The highest BCUT2D eigenvalue weighted by atomic mass is 32.2. The second-order valence-electron chi connectivity index (χ2n) is 8.23. The van der Waals surface area contributed by atoms with Crippen molar-refractivity contribution in [2.75, 3.05) is 19.8 Å². The van der Waals surface area contributed by atoms with Crippen LogP contribution >= 0.6 is 0 Å². The molecule has 0 atom stereocenters. The fraction of sp³-hybridized carbons (Fsp3) is 0.348. The Morgan fingerprint density at radius 3 is 2.42 bits per heavy atom. The van der Waals surface area contributed by atoms with Crippen LogP contribution in [0, 0.1) is 12.7 Å². The van der Waals surface area contributed by atoms with Gasteiger partial charge in [-0.05, 0) is 36.8 Å². The van der Waals surface area contributed by atoms with Crippen molar-refractivity contribution in [1.82, 2.24) is 19.0 Å². The molecular weight excluding hydrogens is 415 g/mol. The molecule has 1 aromatic heterocycles. The summed E-state index contributed by atoms with van der Waals surface area (Å²) < 4.78 is 40.5. The lowest BCUT2D eigenvalue weighted by molar-refractivity contribution is 0.242. The van der Waals surface area contributed by atoms with Gasteiger partial charge in [-0.3, -0.25) is 4.90 Å². The van der Waals surface area contributed by atoms with Crippen LogP contribution in [-0.2, 0) is 36.1 Å². The lowest BCUT2D eigenvalue weighted by Crippen LogP contribution is -2.31. The number of halogens is 1. The predicted molar refractivity (Wildman–Crippen MR) is 119 cm³/mol. The molecule has 4 rings (SSSR count). The van der Waals surface area contributed by atoms with Crippen LogP contribution in [0.25, 0.3) is 5.69 Å². The molecule has 0 aliphatic carbocycles. The number of aryl methyl sites for hydroxylation is 1. The van der Waals surface area contributed by atoms with E-state index in [1.807, 2.05) is 23.7 Å². The predicted octanol–water partition coefficient (Wildman–Crippen LogP) is 3.27. The molecule has 0 saturated heterocycles. The van der Waals surface area contributed by atoms with Crippen molar-refractivity contribution in [2.24, 2.45) is 0 Å². The Labute approximate surface area is 183 Å². The Bertz CT molecular complexity index is 1170. The third-order valence-corrected chi connectivity index (χ3v) is 7.02. The van der Waals surface area contributed by atoms with Crippen LogP contribution in [0.4, 0.5) is 4.39 Å². The number of aromatic nitrogens is 2. The first kappa shape index (κ1) is 21.7. The van der Waals surface area contributed by atoms with E-state index in [1.54, 1.807) is 19.2 Å². The highest BCUT2D eigenvalue weighted by Gasteiger charge is 2.27. The SMILES string of the molecule is Cc1ccc(-n2nc(CN(C)S(C)(=O)=O)c3c2CCN(Cc2ccc(F)cc2)C3)cc1. The van der Waals surface area contributed by atoms with E-state index >= 15 is 0 Å². The standard InChI is InChI=1S/C23H27FN4O2S/c1-17-4-10-20(11-5-17)28-23-12-13-27(14-18-6-8-19(24)9-7-18)15-21(23)22(25-28)16-26(2)31(3,29)30/h4-11H,12-16H2,1-3H3. The molecule has 1 aliphatic rings. The molecule has 0 amide bonds. The van der Waals surface area contributed by atoms with E-state index in [4.69, 9.17) is 5.10 Å². The van der Waals surface area contributed by atoms with Gasteiger partial charge in [0.2, 0.25) is 10.0 Å². The highest BCUT2D eigenvalue weighted by Crippen LogP contribution is 2.27. The van der Waals surface area contributed by atoms with Crippen molar-refractivity contribution >= 4 is 10.0 Å². The molecule has 0 N–H and O–H groups in total. The number of hydrogen-bond acceptors (Lipinski definition) is 4. The maximum absolute atomic E-state index is 13.2. The monoisotopic (exact) mass is 442 g/mol. The summed E-state index contributed by atoms with van der Waals surface area (Å²) in [5.74, 6) is -0.241. The molecule has 1 aliphatic heterocycles. The summed E-state index contributed by atoms with van der Waals surface area (Å²) in [6, 6.07) is 14.7. The molecule has 3 aromatic rings. The fourth-order valence-electron chi connectivity index (χ4n) is 3.88. The first-order chi connectivity index (χ1) is 14.7. The summed E-state index contributed by atoms with van der Waals surface area (Å²) in [4.78, 5) is 2.29. The molecular formula is C23H27FN4O2S. The van der Waals surface area contributed by atoms with Gasteiger partial charge < -0.3 is 0 Å². The lowest BCUT2D eigenvalue weighted by Gasteiger charge is -2.28. The van der Waals surface area contributed by atoms with E-state index in [9.17, 15) is 12.8 Å². The second kappa shape index (κ2) is 8.53. The minimum atomic E-state index is -3.32. The highest BCUT2D eigenvalue weighted by molar-refractivity contribution is 7.88. The molecule has 6 nitrogen and oxygen atoms in total. The minimum Gasteiger partial charge on any atom is -0.294 e. The Hall–Kier alpha value is -2.55. The smallest absolute Gasteiger partial charge is 0.211 e. The van der Waals surface area contributed by atoms with Crippen molar-refractivity contribution in [1.29, 1.82) is 0 Å². The molecule has 0 fully saturated rings. The van der Waals surface area contributed by atoms with Crippen molar-refractivity contribution in [3.63, 3.8) is 0 Å². The number of fused-ring (bicyclic) bond motifs is 1. The third kappa shape index (κ3) is 4.87. The Balaban J connectivity index is 1.67. The Morgan fingerprint density at radius 2 is 1.77 bits per heavy atom. The summed E-state index contributed by atoms with van der Waals surface area (Å²) in [5, 5.41) is 4.83. The fourth-order valence-corrected chi connectivity index (χ4v) is 4.24. The molecule has 0 unspecified atom stereocenters. The average molecular weight is 443 g/mol. The van der Waals surface area contributed by atoms with E-state index in [2.05, 4.69) is 17.0 Å². The maximum Gasteiger partial charge on any atom is 0.211 e. The normalized spacial score (nSPS) is 14.7. The van der Waals surface area contributed by atoms with Crippen LogP contribution in [0.5, 0.6) is 0 Å². The van der Waals surface area contributed by atoms with Crippen LogP contribution in [0.1, 0.15) is 28.1 Å². The summed E-state index contributed by atoms with van der Waals surface area (Å²) >= 11 is 0. The van der Waals surface area contributed by atoms with Crippen LogP contribution < -0.4 is 0 Å². The molecule has 0 bridgehead atoms. The van der Waals surface area contributed by atoms with E-state index < -0.39 is 10.0 Å².